The molecule has 1 saturated carbocycles. The zero-order chi connectivity index (χ0) is 28.8. The molecule has 2 bridgehead atoms. The van der Waals surface area contributed by atoms with Gasteiger partial charge in [-0.05, 0) is 51.4 Å². The van der Waals surface area contributed by atoms with E-state index in [-0.39, 0.29) is 53.9 Å². The van der Waals surface area contributed by atoms with Gasteiger partial charge in [-0.1, -0.05) is 23.2 Å². The summed E-state index contributed by atoms with van der Waals surface area (Å²) >= 11 is 12.3. The first-order chi connectivity index (χ1) is 18.9. The average molecular weight is 603 g/mol. The molecule has 1 N–H and O–H groups in total. The number of rotatable bonds is 8. The van der Waals surface area contributed by atoms with Crippen LogP contribution in [0.2, 0.25) is 10.0 Å². The molecule has 3 fully saturated rings. The Morgan fingerprint density at radius 2 is 1.68 bits per heavy atom. The van der Waals surface area contributed by atoms with E-state index in [4.69, 9.17) is 27.9 Å². The maximum absolute atomic E-state index is 14.5. The molecule has 0 atom stereocenters. The maximum Gasteiger partial charge on any atom is 0.433 e. The van der Waals surface area contributed by atoms with Crippen LogP contribution in [0.1, 0.15) is 83.8 Å². The summed E-state index contributed by atoms with van der Waals surface area (Å²) in [5.74, 6) is -3.27. The average Bonchev–Trinajstić information content (AvgIpc) is 3.62. The van der Waals surface area contributed by atoms with Crippen molar-refractivity contribution in [2.75, 3.05) is 13.1 Å². The molecule has 1 aliphatic carbocycles. The van der Waals surface area contributed by atoms with Crippen LogP contribution in [-0.4, -0.2) is 67.2 Å². The van der Waals surface area contributed by atoms with Gasteiger partial charge in [0.2, 0.25) is 0 Å². The van der Waals surface area contributed by atoms with Crippen molar-refractivity contribution in [2.45, 2.75) is 75.3 Å². The van der Waals surface area contributed by atoms with E-state index in [9.17, 15) is 32.7 Å². The number of carboxylic acids is 1. The van der Waals surface area contributed by atoms with Gasteiger partial charge in [0.1, 0.15) is 0 Å². The summed E-state index contributed by atoms with van der Waals surface area (Å²) in [5.41, 5.74) is -2.73. The van der Waals surface area contributed by atoms with Crippen molar-refractivity contribution < 1.29 is 37.4 Å². The molecule has 0 spiro atoms. The third-order valence-electron chi connectivity index (χ3n) is 8.18. The van der Waals surface area contributed by atoms with Crippen LogP contribution in [0.25, 0.3) is 0 Å². The van der Waals surface area contributed by atoms with Crippen LogP contribution in [0.3, 0.4) is 0 Å². The number of aliphatic carboxylic acids is 1. The molecule has 0 unspecified atom stereocenters. The van der Waals surface area contributed by atoms with Crippen molar-refractivity contribution in [1.82, 2.24) is 19.7 Å². The molecular weight excluding hydrogens is 576 g/mol. The predicted octanol–water partition coefficient (Wildman–Crippen LogP) is 5.46. The Kier molecular flexibility index (Phi) is 7.88. The molecule has 0 radical (unpaired) electrons. The highest BCUT2D eigenvalue weighted by Gasteiger charge is 2.49. The first-order valence-electron chi connectivity index (χ1n) is 13.1. The van der Waals surface area contributed by atoms with Crippen molar-refractivity contribution in [3.8, 4) is 0 Å². The van der Waals surface area contributed by atoms with Gasteiger partial charge >= 0.3 is 12.1 Å². The van der Waals surface area contributed by atoms with Crippen molar-refractivity contribution >= 4 is 40.9 Å². The molecule has 0 aromatic carbocycles. The number of carbonyl (C=O) groups excluding carboxylic acids is 2. The summed E-state index contributed by atoms with van der Waals surface area (Å²) in [6.45, 7) is -0.662. The monoisotopic (exact) mass is 602 g/mol. The quantitative estimate of drug-likeness (QED) is 0.399. The molecule has 216 valence electrons. The maximum atomic E-state index is 14.5. The second-order valence-electron chi connectivity index (χ2n) is 10.8. The van der Waals surface area contributed by atoms with Crippen LogP contribution in [-0.2, 0) is 15.7 Å². The van der Waals surface area contributed by atoms with Gasteiger partial charge in [-0.25, -0.2) is 0 Å². The van der Waals surface area contributed by atoms with Gasteiger partial charge in [-0.2, -0.15) is 18.3 Å². The number of nitrogens with zero attached hydrogens (tertiary/aromatic N) is 4. The lowest BCUT2D eigenvalue weighted by atomic mass is 9.86. The molecule has 2 aromatic heterocycles. The Balaban J connectivity index is 1.48. The Labute approximate surface area is 237 Å². The molecule has 3 aliphatic rings. The van der Waals surface area contributed by atoms with Crippen LogP contribution >= 0.6 is 23.2 Å². The molecule has 40 heavy (non-hydrogen) atoms. The van der Waals surface area contributed by atoms with E-state index in [1.807, 2.05) is 0 Å². The van der Waals surface area contributed by atoms with E-state index in [2.05, 4.69) is 10.1 Å². The predicted molar refractivity (Wildman–Crippen MR) is 136 cm³/mol. The number of aromatic nitrogens is 3. The Morgan fingerprint density at radius 1 is 1.05 bits per heavy atom. The third kappa shape index (κ3) is 5.58. The summed E-state index contributed by atoms with van der Waals surface area (Å²) in [6.07, 6.45) is 1.93. The summed E-state index contributed by atoms with van der Waals surface area (Å²) in [6, 6.07) is -0.717. The lowest BCUT2D eigenvalue weighted by Crippen LogP contribution is -2.46. The molecule has 14 heteroatoms. The van der Waals surface area contributed by atoms with Crippen molar-refractivity contribution in [3.05, 3.63) is 45.5 Å². The number of carbonyl (C=O) groups is 3. The molecule has 2 aliphatic heterocycles. The van der Waals surface area contributed by atoms with E-state index in [0.717, 1.165) is 28.6 Å². The molecular formula is C26H27Cl2F3N4O5. The fourth-order valence-electron chi connectivity index (χ4n) is 6.20. The van der Waals surface area contributed by atoms with Gasteiger partial charge in [0.05, 0.1) is 64.1 Å². The first kappa shape index (κ1) is 28.8. The van der Waals surface area contributed by atoms with Crippen molar-refractivity contribution in [2.24, 2.45) is 5.92 Å². The van der Waals surface area contributed by atoms with Gasteiger partial charge in [0, 0.05) is 12.4 Å². The lowest BCUT2D eigenvalue weighted by Gasteiger charge is -2.33. The fraction of sp³-hybridized carbons (Fsp3) is 0.577. The largest absolute Gasteiger partial charge is 0.481 e. The number of fused-ring (bicyclic) bond motifs is 2. The first-order valence-corrected chi connectivity index (χ1v) is 13.8. The van der Waals surface area contributed by atoms with Gasteiger partial charge in [-0.3, -0.25) is 24.0 Å². The number of pyridine rings is 1. The molecule has 5 rings (SSSR count). The number of Topliss-reactive ketones (excluding diaryl/α,β-unsaturated/α-hetero) is 1. The lowest BCUT2D eigenvalue weighted by molar-refractivity contribution is -0.147. The second kappa shape index (κ2) is 10.9. The molecule has 9 nitrogen and oxygen atoms in total. The van der Waals surface area contributed by atoms with E-state index in [1.54, 1.807) is 0 Å². The van der Waals surface area contributed by atoms with Crippen molar-refractivity contribution in [1.29, 1.82) is 0 Å². The standard InChI is InChI=1S/C26H27Cl2F3N4O5/c27-18-10-32-11-19(28)21(18)20(36)12-34(13-25-7-5-16(40-25)6-8-25)23(37)17-9-33-35(22(17)26(29,30)31)15-3-1-14(2-4-15)24(38)39/h9-11,14-16H,1-8,12-13H2,(H,38,39)/t14-,15-,16?,25?. The number of hydrogen-bond acceptors (Lipinski definition) is 6. The topological polar surface area (TPSA) is 115 Å². The summed E-state index contributed by atoms with van der Waals surface area (Å²) in [5, 5.41) is 13.1. The number of amides is 1. The zero-order valence-electron chi connectivity index (χ0n) is 21.3. The SMILES string of the molecule is O=C(CN(CC12CCC(CC1)O2)C(=O)c1cnn([C@H]2CC[C@H](C(=O)O)CC2)c1C(F)(F)F)c1c(Cl)cncc1Cl. The molecule has 4 heterocycles. The normalized spacial score (nSPS) is 26.2. The Morgan fingerprint density at radius 3 is 2.20 bits per heavy atom. The third-order valence-corrected chi connectivity index (χ3v) is 8.75. The summed E-state index contributed by atoms with van der Waals surface area (Å²) < 4.78 is 50.2. The highest BCUT2D eigenvalue weighted by molar-refractivity contribution is 6.39. The Hall–Kier alpha value is -2.70. The fourth-order valence-corrected chi connectivity index (χ4v) is 6.77. The smallest absolute Gasteiger partial charge is 0.433 e. The van der Waals surface area contributed by atoms with E-state index in [0.29, 0.717) is 12.8 Å². The summed E-state index contributed by atoms with van der Waals surface area (Å²) in [4.78, 5) is 43.4. The van der Waals surface area contributed by atoms with E-state index < -0.39 is 59.2 Å². The van der Waals surface area contributed by atoms with Gasteiger partial charge < -0.3 is 14.7 Å². The highest BCUT2D eigenvalue weighted by atomic mass is 35.5. The van der Waals surface area contributed by atoms with E-state index >= 15 is 0 Å². The number of carboxylic acid groups (broad SMARTS) is 1. The van der Waals surface area contributed by atoms with Crippen LogP contribution in [0.5, 0.6) is 0 Å². The number of hydrogen-bond donors (Lipinski definition) is 1. The Bertz CT molecular complexity index is 1300. The summed E-state index contributed by atoms with van der Waals surface area (Å²) in [7, 11) is 0. The van der Waals surface area contributed by atoms with Crippen LogP contribution < -0.4 is 0 Å². The minimum atomic E-state index is -4.93. The molecule has 1 amide bonds. The minimum absolute atomic E-state index is 0.0196. The highest BCUT2D eigenvalue weighted by Crippen LogP contribution is 2.45. The minimum Gasteiger partial charge on any atom is -0.481 e. The second-order valence-corrected chi connectivity index (χ2v) is 11.6. The van der Waals surface area contributed by atoms with E-state index in [1.165, 1.54) is 12.4 Å². The zero-order valence-corrected chi connectivity index (χ0v) is 22.8. The van der Waals surface area contributed by atoms with Crippen LogP contribution in [0, 0.1) is 5.92 Å². The van der Waals surface area contributed by atoms with Crippen LogP contribution in [0.15, 0.2) is 18.6 Å². The number of ketones is 1. The van der Waals surface area contributed by atoms with Gasteiger partial charge in [-0.15, -0.1) is 0 Å². The van der Waals surface area contributed by atoms with Crippen molar-refractivity contribution in [3.63, 3.8) is 0 Å². The number of alkyl halides is 3. The van der Waals surface area contributed by atoms with Gasteiger partial charge in [0.25, 0.3) is 5.91 Å². The molecule has 2 aromatic rings. The number of ether oxygens (including phenoxy) is 1. The van der Waals surface area contributed by atoms with Crippen LogP contribution in [0.4, 0.5) is 13.2 Å². The molecule has 2 saturated heterocycles. The number of halogens is 5. The van der Waals surface area contributed by atoms with Gasteiger partial charge in [0.15, 0.2) is 11.5 Å².